The molecule has 5 nitrogen and oxygen atoms in total. The summed E-state index contributed by atoms with van der Waals surface area (Å²) in [5.41, 5.74) is 8.33. The summed E-state index contributed by atoms with van der Waals surface area (Å²) < 4.78 is 0. The summed E-state index contributed by atoms with van der Waals surface area (Å²) in [4.78, 5) is 4.09. The number of fused-ring (bicyclic) bond motifs is 1. The van der Waals surface area contributed by atoms with Crippen LogP contribution in [0.3, 0.4) is 0 Å². The van der Waals surface area contributed by atoms with Gasteiger partial charge in [0, 0.05) is 11.6 Å². The minimum absolute atomic E-state index is 0.489. The van der Waals surface area contributed by atoms with Crippen LogP contribution >= 0.6 is 0 Å². The van der Waals surface area contributed by atoms with E-state index >= 15 is 0 Å². The highest BCUT2D eigenvalue weighted by Gasteiger charge is 2.06. The van der Waals surface area contributed by atoms with Crippen molar-refractivity contribution in [2.45, 2.75) is 0 Å². The second-order valence-corrected chi connectivity index (χ2v) is 4.15. The molecule has 3 rings (SSSR count). The molecular weight excluding hydrogens is 250 g/mol. The van der Waals surface area contributed by atoms with Crippen LogP contribution < -0.4 is 0 Å². The monoisotopic (exact) mass is 261 g/mol. The van der Waals surface area contributed by atoms with Gasteiger partial charge in [-0.05, 0) is 23.6 Å². The number of hydrogen-bond acceptors (Lipinski definition) is 5. The third-order valence-corrected chi connectivity index (χ3v) is 2.90. The van der Waals surface area contributed by atoms with Gasteiger partial charge in [0.15, 0.2) is 5.82 Å². The molecule has 0 unspecified atom stereocenters. The zero-order valence-corrected chi connectivity index (χ0v) is 10.6. The lowest BCUT2D eigenvalue weighted by atomic mass is 10.1. The molecule has 0 amide bonds. The number of pyridine rings is 1. The SMILES string of the molecule is N=Nc1ccc2ccccc2c1N=Nc1ccccn1. The Bertz CT molecular complexity index is 781. The quantitative estimate of drug-likeness (QED) is 0.637. The van der Waals surface area contributed by atoms with Crippen LogP contribution in [0.2, 0.25) is 0 Å². The zero-order chi connectivity index (χ0) is 13.8. The zero-order valence-electron chi connectivity index (χ0n) is 10.6. The number of rotatable bonds is 3. The van der Waals surface area contributed by atoms with Gasteiger partial charge in [-0.3, -0.25) is 0 Å². The summed E-state index contributed by atoms with van der Waals surface area (Å²) >= 11 is 0. The van der Waals surface area contributed by atoms with E-state index in [1.165, 1.54) is 0 Å². The van der Waals surface area contributed by atoms with Gasteiger partial charge >= 0.3 is 0 Å². The Labute approximate surface area is 115 Å². The highest BCUT2D eigenvalue weighted by molar-refractivity contribution is 5.97. The van der Waals surface area contributed by atoms with E-state index in [1.807, 2.05) is 42.5 Å². The molecular formula is C15H11N5. The molecule has 0 saturated carbocycles. The van der Waals surface area contributed by atoms with Crippen LogP contribution in [-0.4, -0.2) is 4.98 Å². The third-order valence-electron chi connectivity index (χ3n) is 2.90. The van der Waals surface area contributed by atoms with E-state index < -0.39 is 0 Å². The van der Waals surface area contributed by atoms with Crippen LogP contribution in [-0.2, 0) is 0 Å². The van der Waals surface area contributed by atoms with Crippen molar-refractivity contribution in [2.75, 3.05) is 0 Å². The van der Waals surface area contributed by atoms with Crippen molar-refractivity contribution in [3.8, 4) is 0 Å². The Morgan fingerprint density at radius 3 is 2.50 bits per heavy atom. The molecule has 96 valence electrons. The molecule has 0 aliphatic heterocycles. The molecule has 1 heterocycles. The molecule has 5 heteroatoms. The van der Waals surface area contributed by atoms with Gasteiger partial charge in [0.2, 0.25) is 0 Å². The molecule has 1 N–H and O–H groups in total. The fourth-order valence-corrected chi connectivity index (χ4v) is 1.95. The number of aromatic nitrogens is 1. The summed E-state index contributed by atoms with van der Waals surface area (Å²) in [5.74, 6) is 0.524. The fourth-order valence-electron chi connectivity index (χ4n) is 1.95. The lowest BCUT2D eigenvalue weighted by Gasteiger charge is -2.03. The Balaban J connectivity index is 2.14. The maximum Gasteiger partial charge on any atom is 0.174 e. The first-order valence-corrected chi connectivity index (χ1v) is 6.10. The smallest absolute Gasteiger partial charge is 0.174 e. The predicted octanol–water partition coefficient (Wildman–Crippen LogP) is 5.31. The normalized spacial score (nSPS) is 11.0. The maximum absolute atomic E-state index is 7.25. The van der Waals surface area contributed by atoms with E-state index in [0.29, 0.717) is 17.2 Å². The molecule has 0 atom stereocenters. The van der Waals surface area contributed by atoms with Gasteiger partial charge in [0.1, 0.15) is 11.4 Å². The van der Waals surface area contributed by atoms with Crippen molar-refractivity contribution in [3.05, 3.63) is 60.8 Å². The van der Waals surface area contributed by atoms with Crippen LogP contribution in [0.15, 0.2) is 76.1 Å². The van der Waals surface area contributed by atoms with Gasteiger partial charge < -0.3 is 0 Å². The summed E-state index contributed by atoms with van der Waals surface area (Å²) in [6.45, 7) is 0. The first-order valence-electron chi connectivity index (χ1n) is 6.10. The Morgan fingerprint density at radius 2 is 1.70 bits per heavy atom. The molecule has 3 aromatic rings. The molecule has 0 bridgehead atoms. The number of azo groups is 1. The molecule has 2 aromatic carbocycles. The fraction of sp³-hybridized carbons (Fsp3) is 0. The third kappa shape index (κ3) is 2.29. The van der Waals surface area contributed by atoms with Crippen molar-refractivity contribution in [2.24, 2.45) is 15.3 Å². The van der Waals surface area contributed by atoms with Gasteiger partial charge in [-0.1, -0.05) is 36.4 Å². The Hall–Kier alpha value is -2.95. The van der Waals surface area contributed by atoms with Crippen LogP contribution in [0.25, 0.3) is 10.8 Å². The maximum atomic E-state index is 7.25. The van der Waals surface area contributed by atoms with Gasteiger partial charge in [-0.15, -0.1) is 10.2 Å². The van der Waals surface area contributed by atoms with Crippen LogP contribution in [0.5, 0.6) is 0 Å². The highest BCUT2D eigenvalue weighted by Crippen LogP contribution is 2.36. The largest absolute Gasteiger partial charge is 0.236 e. The van der Waals surface area contributed by atoms with E-state index in [9.17, 15) is 0 Å². The minimum atomic E-state index is 0.489. The number of nitrogens with zero attached hydrogens (tertiary/aromatic N) is 4. The van der Waals surface area contributed by atoms with E-state index in [4.69, 9.17) is 5.53 Å². The van der Waals surface area contributed by atoms with E-state index in [2.05, 4.69) is 20.3 Å². The highest BCUT2D eigenvalue weighted by atomic mass is 15.2. The molecule has 0 radical (unpaired) electrons. The molecule has 20 heavy (non-hydrogen) atoms. The summed E-state index contributed by atoms with van der Waals surface area (Å²) in [6.07, 6.45) is 1.66. The van der Waals surface area contributed by atoms with Gasteiger partial charge in [0.05, 0.1) is 0 Å². The second-order valence-electron chi connectivity index (χ2n) is 4.15. The van der Waals surface area contributed by atoms with Crippen molar-refractivity contribution in [1.29, 1.82) is 5.53 Å². The van der Waals surface area contributed by atoms with Crippen LogP contribution in [0.1, 0.15) is 0 Å². The van der Waals surface area contributed by atoms with Gasteiger partial charge in [0.25, 0.3) is 0 Å². The molecule has 0 fully saturated rings. The van der Waals surface area contributed by atoms with E-state index in [-0.39, 0.29) is 0 Å². The van der Waals surface area contributed by atoms with Crippen molar-refractivity contribution >= 4 is 28.0 Å². The first-order chi connectivity index (χ1) is 9.88. The average molecular weight is 261 g/mol. The summed E-state index contributed by atoms with van der Waals surface area (Å²) in [6, 6.07) is 16.9. The molecule has 0 aliphatic rings. The summed E-state index contributed by atoms with van der Waals surface area (Å²) in [7, 11) is 0. The van der Waals surface area contributed by atoms with E-state index in [0.717, 1.165) is 10.8 Å². The first kappa shape index (κ1) is 12.1. The molecule has 1 aromatic heterocycles. The number of nitrogens with one attached hydrogen (secondary N) is 1. The molecule has 0 aliphatic carbocycles. The van der Waals surface area contributed by atoms with Gasteiger partial charge in [-0.25, -0.2) is 10.5 Å². The van der Waals surface area contributed by atoms with Crippen LogP contribution in [0.4, 0.5) is 17.2 Å². The number of benzene rings is 2. The predicted molar refractivity (Wildman–Crippen MR) is 77.2 cm³/mol. The Kier molecular flexibility index (Phi) is 3.24. The van der Waals surface area contributed by atoms with E-state index in [1.54, 1.807) is 18.3 Å². The topological polar surface area (TPSA) is 73.8 Å². The summed E-state index contributed by atoms with van der Waals surface area (Å²) in [5, 5.41) is 13.8. The second kappa shape index (κ2) is 5.36. The van der Waals surface area contributed by atoms with Crippen molar-refractivity contribution < 1.29 is 0 Å². The average Bonchev–Trinajstić information content (AvgIpc) is 2.53. The van der Waals surface area contributed by atoms with Gasteiger partial charge in [-0.2, -0.15) is 5.11 Å². The lowest BCUT2D eigenvalue weighted by molar-refractivity contribution is 1.12. The van der Waals surface area contributed by atoms with Crippen molar-refractivity contribution in [1.82, 2.24) is 4.98 Å². The molecule has 0 saturated heterocycles. The standard InChI is InChI=1S/C15H11N5/c16-18-13-9-8-11-5-1-2-6-12(11)15(13)20-19-14-7-3-4-10-17-14/h1-10,16H. The van der Waals surface area contributed by atoms with Crippen LogP contribution in [0, 0.1) is 5.53 Å². The minimum Gasteiger partial charge on any atom is -0.236 e. The Morgan fingerprint density at radius 1 is 0.850 bits per heavy atom. The lowest BCUT2D eigenvalue weighted by Crippen LogP contribution is -1.75. The number of hydrogen-bond donors (Lipinski definition) is 1. The van der Waals surface area contributed by atoms with Crippen molar-refractivity contribution in [3.63, 3.8) is 0 Å². The molecule has 0 spiro atoms.